The van der Waals surface area contributed by atoms with Gasteiger partial charge in [-0.25, -0.2) is 8.42 Å². The minimum Gasteiger partial charge on any atom is -0.497 e. The van der Waals surface area contributed by atoms with Crippen molar-refractivity contribution in [2.24, 2.45) is 0 Å². The Morgan fingerprint density at radius 1 is 1.09 bits per heavy atom. The van der Waals surface area contributed by atoms with E-state index in [4.69, 9.17) is 32.7 Å². The lowest BCUT2D eigenvalue weighted by Crippen LogP contribution is -2.55. The quantitative estimate of drug-likeness (QED) is 0.256. The Labute approximate surface area is 270 Å². The Morgan fingerprint density at radius 3 is 2.55 bits per heavy atom. The number of ether oxygens (including phenoxy) is 2. The fourth-order valence-electron chi connectivity index (χ4n) is 5.80. The van der Waals surface area contributed by atoms with E-state index in [-0.39, 0.29) is 37.3 Å². The summed E-state index contributed by atoms with van der Waals surface area (Å²) in [4.78, 5) is 13.8. The number of amides is 1. The molecule has 4 rings (SSSR count). The molecule has 0 spiro atoms. The molecule has 1 aliphatic heterocycles. The standard InChI is InChI=1S/C32H43Cl2N3O6S/c1-4-5-8-13-44(40,41)37(2)29-9-6-7-12-43-31-19-27(26-18-24(42-3)10-11-25(26)31)35-20-30(38)28(36-32(29)39)16-21-14-22(33)17-23(34)15-21/h6-7,10-11,14-15,17-18,27-31,35,38H,4-5,8-9,12-13,16,19-20H2,1-3H3,(H,36,39)/t27-,28-,29-,30+,31+/m0/s1. The highest BCUT2D eigenvalue weighted by atomic mass is 35.5. The molecule has 3 N–H and O–H groups in total. The molecule has 1 heterocycles. The summed E-state index contributed by atoms with van der Waals surface area (Å²) in [5, 5.41) is 18.8. The van der Waals surface area contributed by atoms with E-state index < -0.39 is 34.1 Å². The number of β-amino-alcohol motifs (C(OH)–C–C–N with tert-alkyl or cyclic N) is 1. The van der Waals surface area contributed by atoms with E-state index in [0.29, 0.717) is 29.5 Å². The number of methoxy groups -OCH3 is 1. The van der Waals surface area contributed by atoms with Crippen molar-refractivity contribution in [3.8, 4) is 5.75 Å². The van der Waals surface area contributed by atoms with E-state index in [2.05, 4.69) is 10.6 Å². The first kappa shape index (κ1) is 34.7. The van der Waals surface area contributed by atoms with Crippen LogP contribution in [0.15, 0.2) is 48.6 Å². The van der Waals surface area contributed by atoms with Crippen LogP contribution in [0.25, 0.3) is 0 Å². The number of fused-ring (bicyclic) bond motifs is 5. The van der Waals surface area contributed by atoms with Crippen LogP contribution in [0.3, 0.4) is 0 Å². The lowest BCUT2D eigenvalue weighted by atomic mass is 9.99. The first-order chi connectivity index (χ1) is 21.0. The highest BCUT2D eigenvalue weighted by Gasteiger charge is 2.35. The predicted molar refractivity (Wildman–Crippen MR) is 174 cm³/mol. The van der Waals surface area contributed by atoms with E-state index >= 15 is 0 Å². The molecule has 242 valence electrons. The highest BCUT2D eigenvalue weighted by molar-refractivity contribution is 7.89. The number of rotatable bonds is 9. The minimum absolute atomic E-state index is 0.0435. The van der Waals surface area contributed by atoms with Gasteiger partial charge in [0.25, 0.3) is 0 Å². The number of hydrogen-bond acceptors (Lipinski definition) is 7. The molecule has 0 saturated heterocycles. The van der Waals surface area contributed by atoms with Crippen molar-refractivity contribution in [3.05, 3.63) is 75.3 Å². The second-order valence-corrected chi connectivity index (χ2v) is 14.5. The number of sulfonamides is 1. The number of aliphatic hydroxyl groups excluding tert-OH is 1. The number of hydrogen-bond donors (Lipinski definition) is 3. The third-order valence-corrected chi connectivity index (χ3v) is 10.7. The summed E-state index contributed by atoms with van der Waals surface area (Å²) in [5.74, 6) is 0.188. The van der Waals surface area contributed by atoms with E-state index in [9.17, 15) is 18.3 Å². The maximum atomic E-state index is 13.8. The molecule has 2 aromatic carbocycles. The van der Waals surface area contributed by atoms with Gasteiger partial charge in [-0.1, -0.05) is 61.2 Å². The largest absolute Gasteiger partial charge is 0.497 e. The van der Waals surface area contributed by atoms with Crippen molar-refractivity contribution in [2.75, 3.05) is 33.1 Å². The maximum Gasteiger partial charge on any atom is 0.239 e. The van der Waals surface area contributed by atoms with Crippen LogP contribution in [0.4, 0.5) is 0 Å². The predicted octanol–water partition coefficient (Wildman–Crippen LogP) is 4.96. The van der Waals surface area contributed by atoms with Crippen LogP contribution in [0.2, 0.25) is 10.0 Å². The molecular weight excluding hydrogens is 625 g/mol. The molecule has 1 aliphatic carbocycles. The summed E-state index contributed by atoms with van der Waals surface area (Å²) < 4.78 is 39.3. The number of likely N-dealkylation sites (N-methyl/N-ethyl adjacent to an activating group) is 1. The van der Waals surface area contributed by atoms with Crippen molar-refractivity contribution < 1.29 is 27.8 Å². The van der Waals surface area contributed by atoms with Crippen molar-refractivity contribution in [1.29, 1.82) is 0 Å². The molecular formula is C32H43Cl2N3O6S. The summed E-state index contributed by atoms with van der Waals surface area (Å²) in [5.41, 5.74) is 2.81. The van der Waals surface area contributed by atoms with Gasteiger partial charge in [0.2, 0.25) is 15.9 Å². The summed E-state index contributed by atoms with van der Waals surface area (Å²) in [6.07, 6.45) is 5.60. The Hall–Kier alpha value is -2.18. The van der Waals surface area contributed by atoms with E-state index in [0.717, 1.165) is 39.6 Å². The van der Waals surface area contributed by atoms with E-state index in [1.165, 1.54) is 7.05 Å². The second-order valence-electron chi connectivity index (χ2n) is 11.4. The number of carbonyl (C=O) groups excluding carboxylic acids is 1. The first-order valence-corrected chi connectivity index (χ1v) is 17.5. The zero-order valence-corrected chi connectivity index (χ0v) is 27.8. The molecule has 2 aromatic rings. The van der Waals surface area contributed by atoms with Gasteiger partial charge in [0.1, 0.15) is 11.8 Å². The average Bonchev–Trinajstić information content (AvgIpc) is 3.32. The van der Waals surface area contributed by atoms with Gasteiger partial charge in [-0.3, -0.25) is 4.79 Å². The molecule has 44 heavy (non-hydrogen) atoms. The number of benzene rings is 2. The SMILES string of the molecule is CCCCCS(=O)(=O)N(C)[C@H]1CC=CCO[C@@H]2C[C@H](NC[C@@H](O)[C@H](Cc3cc(Cl)cc(Cl)c3)NC1=O)c1cc(OC)ccc12. The first-order valence-electron chi connectivity index (χ1n) is 15.1. The van der Waals surface area contributed by atoms with E-state index in [1.807, 2.05) is 31.2 Å². The van der Waals surface area contributed by atoms with Gasteiger partial charge in [0.05, 0.1) is 37.7 Å². The highest BCUT2D eigenvalue weighted by Crippen LogP contribution is 2.42. The molecule has 5 atom stereocenters. The van der Waals surface area contributed by atoms with Crippen LogP contribution in [0, 0.1) is 0 Å². The summed E-state index contributed by atoms with van der Waals surface area (Å²) in [7, 11) is -0.645. The molecule has 0 fully saturated rings. The molecule has 2 bridgehead atoms. The molecule has 0 aromatic heterocycles. The molecule has 0 saturated carbocycles. The molecule has 0 radical (unpaired) electrons. The van der Waals surface area contributed by atoms with Gasteiger partial charge in [0.15, 0.2) is 0 Å². The topological polar surface area (TPSA) is 117 Å². The Morgan fingerprint density at radius 2 is 1.84 bits per heavy atom. The van der Waals surface area contributed by atoms with Gasteiger partial charge in [-0.05, 0) is 72.7 Å². The number of unbranched alkanes of at least 4 members (excludes halogenated alkanes) is 2. The minimum atomic E-state index is -3.71. The van der Waals surface area contributed by atoms with Crippen molar-refractivity contribution in [3.63, 3.8) is 0 Å². The van der Waals surface area contributed by atoms with E-state index in [1.54, 1.807) is 31.4 Å². The summed E-state index contributed by atoms with van der Waals surface area (Å²) >= 11 is 12.5. The van der Waals surface area contributed by atoms with Crippen LogP contribution in [-0.4, -0.2) is 75.0 Å². The fraction of sp³-hybridized carbons (Fsp3) is 0.531. The lowest BCUT2D eigenvalue weighted by Gasteiger charge is -2.31. The fourth-order valence-corrected chi connectivity index (χ4v) is 7.80. The third-order valence-electron chi connectivity index (χ3n) is 8.32. The molecule has 2 aliphatic rings. The van der Waals surface area contributed by atoms with Gasteiger partial charge in [-0.2, -0.15) is 4.31 Å². The lowest BCUT2D eigenvalue weighted by molar-refractivity contribution is -0.126. The Kier molecular flexibility index (Phi) is 12.5. The molecule has 0 unspecified atom stereocenters. The number of carbonyl (C=O) groups is 1. The van der Waals surface area contributed by atoms with Crippen LogP contribution in [0.1, 0.15) is 67.9 Å². The molecule has 9 nitrogen and oxygen atoms in total. The average molecular weight is 669 g/mol. The number of halogens is 2. The summed E-state index contributed by atoms with van der Waals surface area (Å²) in [6, 6.07) is 9.09. The number of nitrogens with zero attached hydrogens (tertiary/aromatic N) is 1. The zero-order chi connectivity index (χ0) is 31.9. The van der Waals surface area contributed by atoms with Crippen molar-refractivity contribution in [1.82, 2.24) is 14.9 Å². The van der Waals surface area contributed by atoms with Crippen LogP contribution < -0.4 is 15.4 Å². The molecule has 1 amide bonds. The van der Waals surface area contributed by atoms with Crippen LogP contribution in [0.5, 0.6) is 5.75 Å². The smallest absolute Gasteiger partial charge is 0.239 e. The second kappa shape index (κ2) is 15.9. The summed E-state index contributed by atoms with van der Waals surface area (Å²) in [6.45, 7) is 2.46. The monoisotopic (exact) mass is 667 g/mol. The Balaban J connectivity index is 1.66. The van der Waals surface area contributed by atoms with Gasteiger partial charge in [0, 0.05) is 29.7 Å². The normalized spacial score (nSPS) is 24.8. The maximum absolute atomic E-state index is 13.8. The van der Waals surface area contributed by atoms with Crippen molar-refractivity contribution in [2.45, 2.75) is 75.8 Å². The van der Waals surface area contributed by atoms with Crippen molar-refractivity contribution >= 4 is 39.1 Å². The van der Waals surface area contributed by atoms with Gasteiger partial charge in [-0.15, -0.1) is 0 Å². The van der Waals surface area contributed by atoms with Gasteiger partial charge >= 0.3 is 0 Å². The third kappa shape index (κ3) is 8.96. The number of aliphatic hydroxyl groups is 1. The molecule has 12 heteroatoms. The van der Waals surface area contributed by atoms with Crippen LogP contribution >= 0.6 is 23.2 Å². The Bertz CT molecular complexity index is 1400. The zero-order valence-electron chi connectivity index (χ0n) is 25.5. The van der Waals surface area contributed by atoms with Gasteiger partial charge < -0.3 is 25.2 Å². The number of nitrogens with one attached hydrogen (secondary N) is 2. The van der Waals surface area contributed by atoms with Crippen LogP contribution in [-0.2, 0) is 26.0 Å².